The lowest BCUT2D eigenvalue weighted by Crippen LogP contribution is -2.29. The summed E-state index contributed by atoms with van der Waals surface area (Å²) in [5.74, 6) is 1.75. The predicted molar refractivity (Wildman–Crippen MR) is 57.2 cm³/mol. The molecule has 2 unspecified atom stereocenters. The first-order chi connectivity index (χ1) is 6.88. The number of piperidine rings is 1. The summed E-state index contributed by atoms with van der Waals surface area (Å²) < 4.78 is 0. The van der Waals surface area contributed by atoms with Crippen molar-refractivity contribution in [3.8, 4) is 0 Å². The van der Waals surface area contributed by atoms with Gasteiger partial charge in [-0.3, -0.25) is 0 Å². The maximum absolute atomic E-state index is 9.02. The molecule has 2 atom stereocenters. The van der Waals surface area contributed by atoms with E-state index in [9.17, 15) is 0 Å². The Bertz CT molecular complexity index is 169. The standard InChI is InChI=1S/C11H22N2O/c14-8-11-6-10(7-13-11)5-9-1-3-12-4-2-9/h9-14H,1-8H2. The molecule has 2 rings (SSSR count). The Morgan fingerprint density at radius 2 is 1.93 bits per heavy atom. The Morgan fingerprint density at radius 3 is 2.57 bits per heavy atom. The second-order valence-electron chi connectivity index (χ2n) is 4.82. The summed E-state index contributed by atoms with van der Waals surface area (Å²) in [5, 5.41) is 15.8. The van der Waals surface area contributed by atoms with Gasteiger partial charge in [0.2, 0.25) is 0 Å². The molecule has 0 aromatic rings. The Kier molecular flexibility index (Phi) is 3.79. The van der Waals surface area contributed by atoms with E-state index in [1.807, 2.05) is 0 Å². The molecule has 14 heavy (non-hydrogen) atoms. The number of aliphatic hydroxyl groups excluding tert-OH is 1. The average molecular weight is 198 g/mol. The number of hydrogen-bond acceptors (Lipinski definition) is 3. The summed E-state index contributed by atoms with van der Waals surface area (Å²) in [7, 11) is 0. The van der Waals surface area contributed by atoms with Crippen LogP contribution in [0.2, 0.25) is 0 Å². The molecule has 3 N–H and O–H groups in total. The lowest BCUT2D eigenvalue weighted by Gasteiger charge is -2.24. The first-order valence-corrected chi connectivity index (χ1v) is 5.93. The third kappa shape index (κ3) is 2.69. The molecule has 0 radical (unpaired) electrons. The molecule has 0 aromatic heterocycles. The SMILES string of the molecule is OCC1CC(CC2CCNCC2)CN1. The van der Waals surface area contributed by atoms with Gasteiger partial charge in [-0.1, -0.05) is 0 Å². The minimum absolute atomic E-state index is 0.308. The van der Waals surface area contributed by atoms with Gasteiger partial charge in [0.25, 0.3) is 0 Å². The molecule has 2 fully saturated rings. The number of hydrogen-bond donors (Lipinski definition) is 3. The van der Waals surface area contributed by atoms with Gasteiger partial charge >= 0.3 is 0 Å². The zero-order chi connectivity index (χ0) is 9.80. The molecule has 2 heterocycles. The quantitative estimate of drug-likeness (QED) is 0.613. The van der Waals surface area contributed by atoms with Crippen molar-refractivity contribution in [1.82, 2.24) is 10.6 Å². The summed E-state index contributed by atoms with van der Waals surface area (Å²) in [5.41, 5.74) is 0. The van der Waals surface area contributed by atoms with Crippen molar-refractivity contribution in [3.63, 3.8) is 0 Å². The van der Waals surface area contributed by atoms with Crippen LogP contribution in [0.5, 0.6) is 0 Å². The molecule has 2 aliphatic rings. The van der Waals surface area contributed by atoms with Gasteiger partial charge in [-0.25, -0.2) is 0 Å². The lowest BCUT2D eigenvalue weighted by atomic mass is 9.87. The van der Waals surface area contributed by atoms with Crippen LogP contribution in [0.15, 0.2) is 0 Å². The van der Waals surface area contributed by atoms with E-state index in [0.717, 1.165) is 18.4 Å². The monoisotopic (exact) mass is 198 g/mol. The van der Waals surface area contributed by atoms with Crippen molar-refractivity contribution in [2.24, 2.45) is 11.8 Å². The molecule has 3 heteroatoms. The van der Waals surface area contributed by atoms with Gasteiger partial charge in [-0.15, -0.1) is 0 Å². The summed E-state index contributed by atoms with van der Waals surface area (Å²) in [6.07, 6.45) is 5.24. The zero-order valence-corrected chi connectivity index (χ0v) is 8.84. The Morgan fingerprint density at radius 1 is 1.14 bits per heavy atom. The normalized spacial score (nSPS) is 34.9. The highest BCUT2D eigenvalue weighted by Gasteiger charge is 2.26. The van der Waals surface area contributed by atoms with E-state index in [2.05, 4.69) is 10.6 Å². The summed E-state index contributed by atoms with van der Waals surface area (Å²) in [6, 6.07) is 0.377. The third-order valence-corrected chi connectivity index (χ3v) is 3.66. The van der Waals surface area contributed by atoms with Gasteiger partial charge in [0, 0.05) is 6.04 Å². The third-order valence-electron chi connectivity index (χ3n) is 3.66. The molecular weight excluding hydrogens is 176 g/mol. The zero-order valence-electron chi connectivity index (χ0n) is 8.84. The van der Waals surface area contributed by atoms with Crippen LogP contribution < -0.4 is 10.6 Å². The van der Waals surface area contributed by atoms with Crippen LogP contribution in [0.25, 0.3) is 0 Å². The molecular formula is C11H22N2O. The van der Waals surface area contributed by atoms with Crippen LogP contribution in [0, 0.1) is 11.8 Å². The van der Waals surface area contributed by atoms with Crippen molar-refractivity contribution in [1.29, 1.82) is 0 Å². The highest BCUT2D eigenvalue weighted by atomic mass is 16.3. The fourth-order valence-electron chi connectivity index (χ4n) is 2.81. The maximum Gasteiger partial charge on any atom is 0.0584 e. The van der Waals surface area contributed by atoms with E-state index in [1.165, 1.54) is 38.8 Å². The summed E-state index contributed by atoms with van der Waals surface area (Å²) in [6.45, 7) is 3.83. The van der Waals surface area contributed by atoms with Crippen molar-refractivity contribution >= 4 is 0 Å². The van der Waals surface area contributed by atoms with Crippen LogP contribution in [0.1, 0.15) is 25.7 Å². The van der Waals surface area contributed by atoms with Crippen LogP contribution in [0.4, 0.5) is 0 Å². The second-order valence-corrected chi connectivity index (χ2v) is 4.82. The highest BCUT2D eigenvalue weighted by molar-refractivity contribution is 4.83. The van der Waals surface area contributed by atoms with Crippen molar-refractivity contribution in [2.75, 3.05) is 26.2 Å². The van der Waals surface area contributed by atoms with Crippen molar-refractivity contribution < 1.29 is 5.11 Å². The minimum atomic E-state index is 0.308. The Hall–Kier alpha value is -0.120. The molecule has 0 saturated carbocycles. The Balaban J connectivity index is 1.69. The molecule has 2 saturated heterocycles. The van der Waals surface area contributed by atoms with E-state index in [-0.39, 0.29) is 0 Å². The van der Waals surface area contributed by atoms with Gasteiger partial charge in [0.1, 0.15) is 0 Å². The number of nitrogens with one attached hydrogen (secondary N) is 2. The topological polar surface area (TPSA) is 44.3 Å². The van der Waals surface area contributed by atoms with E-state index in [4.69, 9.17) is 5.11 Å². The molecule has 0 amide bonds. The fraction of sp³-hybridized carbons (Fsp3) is 1.00. The summed E-state index contributed by atoms with van der Waals surface area (Å²) in [4.78, 5) is 0. The molecule has 0 aromatic carbocycles. The van der Waals surface area contributed by atoms with Crippen LogP contribution in [0.3, 0.4) is 0 Å². The second kappa shape index (κ2) is 5.10. The fourth-order valence-corrected chi connectivity index (χ4v) is 2.81. The van der Waals surface area contributed by atoms with Crippen molar-refractivity contribution in [2.45, 2.75) is 31.7 Å². The van der Waals surface area contributed by atoms with E-state index in [1.54, 1.807) is 0 Å². The van der Waals surface area contributed by atoms with Crippen LogP contribution in [-0.4, -0.2) is 37.4 Å². The minimum Gasteiger partial charge on any atom is -0.395 e. The molecule has 0 bridgehead atoms. The first-order valence-electron chi connectivity index (χ1n) is 5.93. The maximum atomic E-state index is 9.02. The number of aliphatic hydroxyl groups is 1. The van der Waals surface area contributed by atoms with Gasteiger partial charge < -0.3 is 15.7 Å². The van der Waals surface area contributed by atoms with E-state index >= 15 is 0 Å². The van der Waals surface area contributed by atoms with E-state index < -0.39 is 0 Å². The van der Waals surface area contributed by atoms with Crippen LogP contribution in [-0.2, 0) is 0 Å². The largest absolute Gasteiger partial charge is 0.395 e. The molecule has 3 nitrogen and oxygen atoms in total. The molecule has 2 aliphatic heterocycles. The van der Waals surface area contributed by atoms with Gasteiger partial charge in [0.15, 0.2) is 0 Å². The highest BCUT2D eigenvalue weighted by Crippen LogP contribution is 2.26. The first kappa shape index (κ1) is 10.4. The van der Waals surface area contributed by atoms with Gasteiger partial charge in [0.05, 0.1) is 6.61 Å². The van der Waals surface area contributed by atoms with Gasteiger partial charge in [-0.05, 0) is 57.2 Å². The average Bonchev–Trinajstić information content (AvgIpc) is 2.67. The van der Waals surface area contributed by atoms with Crippen molar-refractivity contribution in [3.05, 3.63) is 0 Å². The predicted octanol–water partition coefficient (Wildman–Crippen LogP) is 0.346. The van der Waals surface area contributed by atoms with Crippen LogP contribution >= 0.6 is 0 Å². The molecule has 0 spiro atoms. The Labute approximate surface area is 86.3 Å². The number of rotatable bonds is 3. The summed E-state index contributed by atoms with van der Waals surface area (Å²) >= 11 is 0. The van der Waals surface area contributed by atoms with E-state index in [0.29, 0.717) is 12.6 Å². The smallest absolute Gasteiger partial charge is 0.0584 e. The molecule has 0 aliphatic carbocycles. The molecule has 82 valence electrons. The van der Waals surface area contributed by atoms with Gasteiger partial charge in [-0.2, -0.15) is 0 Å². The lowest BCUT2D eigenvalue weighted by molar-refractivity contribution is 0.248.